The van der Waals surface area contributed by atoms with Crippen LogP contribution in [-0.2, 0) is 10.2 Å². The lowest BCUT2D eigenvalue weighted by molar-refractivity contribution is 0.0345. The van der Waals surface area contributed by atoms with Crippen molar-refractivity contribution in [2.75, 3.05) is 7.11 Å². The molecule has 116 valence electrons. The van der Waals surface area contributed by atoms with E-state index in [1.807, 2.05) is 24.3 Å². The fourth-order valence-corrected chi connectivity index (χ4v) is 5.06. The summed E-state index contributed by atoms with van der Waals surface area (Å²) in [6, 6.07) is 14.2. The molecule has 0 amide bonds. The molecule has 1 fully saturated rings. The molecule has 0 unspecified atom stereocenters. The highest BCUT2D eigenvalue weighted by molar-refractivity contribution is 6.08. The van der Waals surface area contributed by atoms with Crippen LogP contribution in [0, 0.1) is 5.41 Å². The van der Waals surface area contributed by atoms with E-state index in [1.165, 1.54) is 11.1 Å². The van der Waals surface area contributed by atoms with Crippen LogP contribution in [0.25, 0.3) is 0 Å². The lowest BCUT2D eigenvalue weighted by atomic mass is 9.56. The van der Waals surface area contributed by atoms with E-state index < -0.39 is 5.41 Å². The van der Waals surface area contributed by atoms with Crippen LogP contribution >= 0.6 is 0 Å². The van der Waals surface area contributed by atoms with Gasteiger partial charge in [-0.1, -0.05) is 37.3 Å². The summed E-state index contributed by atoms with van der Waals surface area (Å²) in [7, 11) is 1.63. The van der Waals surface area contributed by atoms with Crippen LogP contribution < -0.4 is 4.74 Å². The van der Waals surface area contributed by atoms with Crippen molar-refractivity contribution >= 4 is 5.78 Å². The van der Waals surface area contributed by atoms with Crippen LogP contribution in [0.1, 0.15) is 53.1 Å². The summed E-state index contributed by atoms with van der Waals surface area (Å²) in [5, 5.41) is 0. The smallest absolute Gasteiger partial charge is 0.173 e. The predicted octanol–water partition coefficient (Wildman–Crippen LogP) is 3.98. The third kappa shape index (κ3) is 1.19. The molecule has 3 nitrogen and oxygen atoms in total. The molecule has 23 heavy (non-hydrogen) atoms. The molecule has 0 saturated carbocycles. The average Bonchev–Trinajstić information content (AvgIpc) is 3.14. The standard InChI is InChI=1S/C20H18O3/c1-19-15-9-8-11(22-3)10-14(15)16(21)20(19,2)18-13-7-5-4-6-12(13)17(19)23-18/h4-10,17-18H,1-3H3/t17-,18+,19+,20-/m1/s1. The van der Waals surface area contributed by atoms with Crippen molar-refractivity contribution in [1.82, 2.24) is 0 Å². The lowest BCUT2D eigenvalue weighted by Crippen LogP contribution is -2.44. The summed E-state index contributed by atoms with van der Waals surface area (Å²) >= 11 is 0. The van der Waals surface area contributed by atoms with E-state index in [0.717, 1.165) is 16.9 Å². The van der Waals surface area contributed by atoms with Gasteiger partial charge < -0.3 is 9.47 Å². The number of hydrogen-bond acceptors (Lipinski definition) is 3. The van der Waals surface area contributed by atoms with Crippen molar-refractivity contribution in [2.24, 2.45) is 5.41 Å². The molecule has 0 aromatic heterocycles. The molecule has 3 aliphatic rings. The minimum absolute atomic E-state index is 0.0627. The van der Waals surface area contributed by atoms with E-state index in [4.69, 9.17) is 9.47 Å². The zero-order valence-electron chi connectivity index (χ0n) is 13.4. The van der Waals surface area contributed by atoms with E-state index in [2.05, 4.69) is 32.0 Å². The molecule has 0 radical (unpaired) electrons. The molecule has 2 aromatic rings. The predicted molar refractivity (Wildman–Crippen MR) is 85.8 cm³/mol. The molecule has 5 rings (SSSR count). The van der Waals surface area contributed by atoms with Gasteiger partial charge >= 0.3 is 0 Å². The maximum Gasteiger partial charge on any atom is 0.173 e. The number of carbonyl (C=O) groups excluding carboxylic acids is 1. The number of rotatable bonds is 1. The Kier molecular flexibility index (Phi) is 2.23. The Morgan fingerprint density at radius 2 is 1.65 bits per heavy atom. The number of ether oxygens (including phenoxy) is 2. The van der Waals surface area contributed by atoms with Gasteiger partial charge in [-0.15, -0.1) is 0 Å². The van der Waals surface area contributed by atoms with E-state index in [9.17, 15) is 4.79 Å². The molecule has 4 atom stereocenters. The Balaban J connectivity index is 1.81. The van der Waals surface area contributed by atoms with Gasteiger partial charge in [-0.05, 0) is 35.7 Å². The van der Waals surface area contributed by atoms with Gasteiger partial charge in [0.1, 0.15) is 5.75 Å². The summed E-state index contributed by atoms with van der Waals surface area (Å²) in [6.45, 7) is 4.26. The SMILES string of the molecule is COc1ccc2c(c1)C(=O)[C@]1(C)[C@H]3O[C@H](c4ccccc43)[C@]21C. The van der Waals surface area contributed by atoms with Crippen molar-refractivity contribution in [3.63, 3.8) is 0 Å². The maximum absolute atomic E-state index is 13.3. The van der Waals surface area contributed by atoms with Crippen LogP contribution in [0.5, 0.6) is 5.75 Å². The quantitative estimate of drug-likeness (QED) is 0.799. The number of hydrogen-bond donors (Lipinski definition) is 0. The molecular formula is C20H18O3. The zero-order chi connectivity index (χ0) is 16.0. The first-order valence-corrected chi connectivity index (χ1v) is 8.01. The Labute approximate surface area is 135 Å². The largest absolute Gasteiger partial charge is 0.497 e. The minimum atomic E-state index is -0.555. The highest BCUT2D eigenvalue weighted by Gasteiger charge is 2.73. The molecule has 2 heterocycles. The zero-order valence-corrected chi connectivity index (χ0v) is 13.4. The van der Waals surface area contributed by atoms with Crippen LogP contribution in [0.2, 0.25) is 0 Å². The Morgan fingerprint density at radius 1 is 1.00 bits per heavy atom. The van der Waals surface area contributed by atoms with Gasteiger partial charge in [0.15, 0.2) is 5.78 Å². The van der Waals surface area contributed by atoms with Crippen molar-refractivity contribution in [3.05, 3.63) is 64.7 Å². The van der Waals surface area contributed by atoms with Gasteiger partial charge in [0.05, 0.1) is 24.7 Å². The van der Waals surface area contributed by atoms with E-state index in [1.54, 1.807) is 7.11 Å². The topological polar surface area (TPSA) is 35.5 Å². The summed E-state index contributed by atoms with van der Waals surface area (Å²) in [5.41, 5.74) is 3.40. The Bertz CT molecular complexity index is 871. The number of benzene rings is 2. The minimum Gasteiger partial charge on any atom is -0.497 e. The highest BCUT2D eigenvalue weighted by Crippen LogP contribution is 2.74. The summed E-state index contributed by atoms with van der Waals surface area (Å²) in [5.74, 6) is 0.908. The molecule has 3 heteroatoms. The van der Waals surface area contributed by atoms with Crippen molar-refractivity contribution in [1.29, 1.82) is 0 Å². The summed E-state index contributed by atoms with van der Waals surface area (Å²) < 4.78 is 11.7. The van der Waals surface area contributed by atoms with E-state index in [0.29, 0.717) is 0 Å². The van der Waals surface area contributed by atoms with Crippen LogP contribution in [0.3, 0.4) is 0 Å². The number of carbonyl (C=O) groups is 1. The normalized spacial score (nSPS) is 35.9. The fourth-order valence-electron chi connectivity index (χ4n) is 5.06. The van der Waals surface area contributed by atoms with E-state index in [-0.39, 0.29) is 23.4 Å². The van der Waals surface area contributed by atoms with Gasteiger partial charge in [0, 0.05) is 11.0 Å². The molecule has 2 aliphatic heterocycles. The average molecular weight is 306 g/mol. The molecule has 2 aromatic carbocycles. The van der Waals surface area contributed by atoms with Gasteiger partial charge in [0.2, 0.25) is 0 Å². The van der Waals surface area contributed by atoms with Crippen LogP contribution in [-0.4, -0.2) is 12.9 Å². The van der Waals surface area contributed by atoms with Gasteiger partial charge in [-0.2, -0.15) is 0 Å². The molecule has 0 N–H and O–H groups in total. The Hall–Kier alpha value is -2.13. The second-order valence-corrected chi connectivity index (χ2v) is 7.17. The molecule has 0 spiro atoms. The second kappa shape index (κ2) is 3.85. The first kappa shape index (κ1) is 13.3. The number of Topliss-reactive ketones (excluding diaryl/α,β-unsaturated/α-hetero) is 1. The third-order valence-corrected chi connectivity index (χ3v) is 6.46. The van der Waals surface area contributed by atoms with Crippen LogP contribution in [0.15, 0.2) is 42.5 Å². The maximum atomic E-state index is 13.3. The van der Waals surface area contributed by atoms with Gasteiger partial charge in [0.25, 0.3) is 0 Å². The summed E-state index contributed by atoms with van der Waals surface area (Å²) in [4.78, 5) is 13.3. The fraction of sp³-hybridized carbons (Fsp3) is 0.350. The molecular weight excluding hydrogens is 288 g/mol. The van der Waals surface area contributed by atoms with Gasteiger partial charge in [-0.25, -0.2) is 0 Å². The first-order chi connectivity index (χ1) is 11.0. The number of ketones is 1. The molecule has 1 aliphatic carbocycles. The number of fused-ring (bicyclic) bond motifs is 10. The summed E-state index contributed by atoms with van der Waals surface area (Å²) in [6.07, 6.45) is -0.230. The monoisotopic (exact) mass is 306 g/mol. The first-order valence-electron chi connectivity index (χ1n) is 8.01. The Morgan fingerprint density at radius 3 is 2.30 bits per heavy atom. The number of methoxy groups -OCH3 is 1. The van der Waals surface area contributed by atoms with Gasteiger partial charge in [-0.3, -0.25) is 4.79 Å². The van der Waals surface area contributed by atoms with Crippen molar-refractivity contribution in [2.45, 2.75) is 31.5 Å². The molecule has 2 bridgehead atoms. The highest BCUT2D eigenvalue weighted by atomic mass is 16.5. The van der Waals surface area contributed by atoms with E-state index >= 15 is 0 Å². The lowest BCUT2D eigenvalue weighted by Gasteiger charge is -2.41. The molecule has 1 saturated heterocycles. The van der Waals surface area contributed by atoms with Crippen molar-refractivity contribution in [3.8, 4) is 5.75 Å². The van der Waals surface area contributed by atoms with Crippen molar-refractivity contribution < 1.29 is 14.3 Å². The second-order valence-electron chi connectivity index (χ2n) is 7.17. The van der Waals surface area contributed by atoms with Crippen LogP contribution in [0.4, 0.5) is 0 Å². The third-order valence-electron chi connectivity index (χ3n) is 6.46.